The van der Waals surface area contributed by atoms with Gasteiger partial charge in [0.15, 0.2) is 0 Å². The van der Waals surface area contributed by atoms with Crippen LogP contribution in [-0.2, 0) is 14.8 Å². The van der Waals surface area contributed by atoms with Gasteiger partial charge in [0.25, 0.3) is 0 Å². The molecule has 19 heavy (non-hydrogen) atoms. The smallest absolute Gasteiger partial charge is 0.241 e. The molecule has 7 heteroatoms. The third kappa shape index (κ3) is 4.81. The second-order valence-electron chi connectivity index (χ2n) is 4.46. The average Bonchev–Trinajstić information content (AvgIpc) is 2.27. The van der Waals surface area contributed by atoms with Crippen molar-refractivity contribution in [1.82, 2.24) is 10.0 Å². The van der Waals surface area contributed by atoms with E-state index in [2.05, 4.69) is 10.0 Å². The van der Waals surface area contributed by atoms with E-state index in [0.29, 0.717) is 5.02 Å². The van der Waals surface area contributed by atoms with Gasteiger partial charge < -0.3 is 5.32 Å². The number of rotatable bonds is 5. The number of hydrogen-bond acceptors (Lipinski definition) is 3. The monoisotopic (exact) mass is 304 g/mol. The fourth-order valence-corrected chi connectivity index (χ4v) is 2.71. The number of sulfonamides is 1. The van der Waals surface area contributed by atoms with Crippen molar-refractivity contribution in [2.24, 2.45) is 0 Å². The third-order valence-corrected chi connectivity index (χ3v) is 4.09. The zero-order valence-electron chi connectivity index (χ0n) is 11.0. The summed E-state index contributed by atoms with van der Waals surface area (Å²) in [5, 5.41) is 3.09. The first kappa shape index (κ1) is 15.9. The fourth-order valence-electron chi connectivity index (χ4n) is 1.38. The quantitative estimate of drug-likeness (QED) is 0.866. The zero-order chi connectivity index (χ0) is 14.6. The molecule has 0 aromatic heterocycles. The second kappa shape index (κ2) is 6.36. The molecule has 0 saturated carbocycles. The summed E-state index contributed by atoms with van der Waals surface area (Å²) in [7, 11) is -3.73. The Labute approximate surface area is 118 Å². The lowest BCUT2D eigenvalue weighted by atomic mass is 10.3. The second-order valence-corrected chi connectivity index (χ2v) is 6.61. The molecule has 1 rings (SSSR count). The van der Waals surface area contributed by atoms with Gasteiger partial charge in [0.1, 0.15) is 0 Å². The minimum Gasteiger partial charge on any atom is -0.353 e. The van der Waals surface area contributed by atoms with E-state index in [0.717, 1.165) is 0 Å². The standard InChI is InChI=1S/C12H17ClN2O3S/c1-8(2)14-12(16)9(3)15-19(17,18)11-6-4-10(13)5-7-11/h4-9,15H,1-3H3,(H,14,16)/t9-/m1/s1. The van der Waals surface area contributed by atoms with Gasteiger partial charge in [-0.1, -0.05) is 11.6 Å². The fraction of sp³-hybridized carbons (Fsp3) is 0.417. The van der Waals surface area contributed by atoms with Crippen LogP contribution in [0.1, 0.15) is 20.8 Å². The van der Waals surface area contributed by atoms with Crippen molar-refractivity contribution < 1.29 is 13.2 Å². The van der Waals surface area contributed by atoms with Crippen LogP contribution in [0, 0.1) is 0 Å². The molecule has 2 N–H and O–H groups in total. The van der Waals surface area contributed by atoms with Crippen molar-refractivity contribution in [3.8, 4) is 0 Å². The van der Waals surface area contributed by atoms with Gasteiger partial charge in [-0.25, -0.2) is 8.42 Å². The Morgan fingerprint density at radius 1 is 1.16 bits per heavy atom. The topological polar surface area (TPSA) is 75.3 Å². The molecule has 5 nitrogen and oxygen atoms in total. The largest absolute Gasteiger partial charge is 0.353 e. The summed E-state index contributed by atoms with van der Waals surface area (Å²) in [6.45, 7) is 5.10. The van der Waals surface area contributed by atoms with E-state index in [1.54, 1.807) is 13.8 Å². The van der Waals surface area contributed by atoms with Gasteiger partial charge in [-0.15, -0.1) is 0 Å². The molecule has 0 aliphatic carbocycles. The van der Waals surface area contributed by atoms with E-state index in [-0.39, 0.29) is 16.8 Å². The first-order valence-corrected chi connectivity index (χ1v) is 7.67. The molecule has 106 valence electrons. The van der Waals surface area contributed by atoms with Crippen LogP contribution < -0.4 is 10.0 Å². The van der Waals surface area contributed by atoms with E-state index >= 15 is 0 Å². The molecule has 0 unspecified atom stereocenters. The lowest BCUT2D eigenvalue weighted by Gasteiger charge is -2.16. The summed E-state index contributed by atoms with van der Waals surface area (Å²) < 4.78 is 26.3. The third-order valence-electron chi connectivity index (χ3n) is 2.28. The molecular weight excluding hydrogens is 288 g/mol. The zero-order valence-corrected chi connectivity index (χ0v) is 12.5. The summed E-state index contributed by atoms with van der Waals surface area (Å²) in [4.78, 5) is 11.7. The van der Waals surface area contributed by atoms with Crippen LogP contribution in [-0.4, -0.2) is 26.4 Å². The van der Waals surface area contributed by atoms with E-state index in [4.69, 9.17) is 11.6 Å². The van der Waals surface area contributed by atoms with E-state index < -0.39 is 16.1 Å². The van der Waals surface area contributed by atoms with Gasteiger partial charge >= 0.3 is 0 Å². The molecule has 1 aromatic rings. The minimum absolute atomic E-state index is 0.0463. The molecule has 0 saturated heterocycles. The average molecular weight is 305 g/mol. The Morgan fingerprint density at radius 2 is 1.68 bits per heavy atom. The summed E-state index contributed by atoms with van der Waals surface area (Å²) in [5.41, 5.74) is 0. The predicted octanol–water partition coefficient (Wildman–Crippen LogP) is 1.53. The number of hydrogen-bond donors (Lipinski definition) is 2. The lowest BCUT2D eigenvalue weighted by Crippen LogP contribution is -2.46. The van der Waals surface area contributed by atoms with E-state index in [1.807, 2.05) is 0 Å². The highest BCUT2D eigenvalue weighted by atomic mass is 35.5. The number of amides is 1. The molecule has 0 bridgehead atoms. The van der Waals surface area contributed by atoms with Gasteiger partial charge in [0.2, 0.25) is 15.9 Å². The van der Waals surface area contributed by atoms with Gasteiger partial charge in [0.05, 0.1) is 10.9 Å². The van der Waals surface area contributed by atoms with Crippen LogP contribution >= 0.6 is 11.6 Å². The molecule has 0 aliphatic rings. The Balaban J connectivity index is 2.80. The molecule has 0 aliphatic heterocycles. The highest BCUT2D eigenvalue weighted by Gasteiger charge is 2.22. The molecule has 1 amide bonds. The first-order valence-electron chi connectivity index (χ1n) is 5.80. The SMILES string of the molecule is CC(C)NC(=O)[C@@H](C)NS(=O)(=O)c1ccc(Cl)cc1. The molecule has 0 fully saturated rings. The lowest BCUT2D eigenvalue weighted by molar-refractivity contribution is -0.122. The van der Waals surface area contributed by atoms with Crippen LogP contribution in [0.5, 0.6) is 0 Å². The predicted molar refractivity (Wildman–Crippen MR) is 74.5 cm³/mol. The van der Waals surface area contributed by atoms with Crippen LogP contribution in [0.15, 0.2) is 29.2 Å². The van der Waals surface area contributed by atoms with Crippen molar-refractivity contribution in [3.63, 3.8) is 0 Å². The molecule has 0 radical (unpaired) electrons. The summed E-state index contributed by atoms with van der Waals surface area (Å²) in [5.74, 6) is -0.368. The summed E-state index contributed by atoms with van der Waals surface area (Å²) in [6.07, 6.45) is 0. The minimum atomic E-state index is -3.73. The highest BCUT2D eigenvalue weighted by Crippen LogP contribution is 2.14. The van der Waals surface area contributed by atoms with Crippen molar-refractivity contribution in [2.45, 2.75) is 37.8 Å². The van der Waals surface area contributed by atoms with E-state index in [1.165, 1.54) is 31.2 Å². The maximum Gasteiger partial charge on any atom is 0.241 e. The van der Waals surface area contributed by atoms with Gasteiger partial charge in [-0.2, -0.15) is 4.72 Å². The van der Waals surface area contributed by atoms with Crippen LogP contribution in [0.25, 0.3) is 0 Å². The van der Waals surface area contributed by atoms with Gasteiger partial charge in [-0.05, 0) is 45.0 Å². The summed E-state index contributed by atoms with van der Waals surface area (Å²) >= 11 is 5.70. The number of nitrogens with one attached hydrogen (secondary N) is 2. The number of benzene rings is 1. The van der Waals surface area contributed by atoms with Crippen molar-refractivity contribution in [1.29, 1.82) is 0 Å². The van der Waals surface area contributed by atoms with Crippen molar-refractivity contribution >= 4 is 27.5 Å². The molecule has 1 aromatic carbocycles. The Hall–Kier alpha value is -1.11. The normalized spacial score (nSPS) is 13.3. The Morgan fingerprint density at radius 3 is 2.16 bits per heavy atom. The van der Waals surface area contributed by atoms with Crippen molar-refractivity contribution in [2.75, 3.05) is 0 Å². The van der Waals surface area contributed by atoms with Gasteiger partial charge in [0, 0.05) is 11.1 Å². The number of carbonyl (C=O) groups excluding carboxylic acids is 1. The first-order chi connectivity index (χ1) is 8.72. The molecule has 0 spiro atoms. The Bertz CT molecular complexity index is 541. The number of carbonyl (C=O) groups is 1. The maximum atomic E-state index is 12.0. The van der Waals surface area contributed by atoms with E-state index in [9.17, 15) is 13.2 Å². The molecule has 0 heterocycles. The molecule has 1 atom stereocenters. The van der Waals surface area contributed by atoms with Gasteiger partial charge in [-0.3, -0.25) is 4.79 Å². The summed E-state index contributed by atoms with van der Waals surface area (Å²) in [6, 6.07) is 4.84. The number of halogens is 1. The van der Waals surface area contributed by atoms with Crippen molar-refractivity contribution in [3.05, 3.63) is 29.3 Å². The molecular formula is C12H17ClN2O3S. The van der Waals surface area contributed by atoms with Crippen LogP contribution in [0.4, 0.5) is 0 Å². The maximum absolute atomic E-state index is 12.0. The Kier molecular flexibility index (Phi) is 5.34. The van der Waals surface area contributed by atoms with Crippen LogP contribution in [0.3, 0.4) is 0 Å². The van der Waals surface area contributed by atoms with Crippen LogP contribution in [0.2, 0.25) is 5.02 Å². The highest BCUT2D eigenvalue weighted by molar-refractivity contribution is 7.89.